The van der Waals surface area contributed by atoms with Crippen LogP contribution in [-0.4, -0.2) is 5.75 Å². The molecule has 12 heavy (non-hydrogen) atoms. The van der Waals surface area contributed by atoms with Crippen LogP contribution < -0.4 is 0 Å². The van der Waals surface area contributed by atoms with E-state index in [1.807, 2.05) is 18.2 Å². The van der Waals surface area contributed by atoms with E-state index in [2.05, 4.69) is 38.6 Å². The molecule has 0 unspecified atom stereocenters. The zero-order valence-corrected chi connectivity index (χ0v) is 8.85. The SMILES string of the molecule is CCCCS.Cc1ccccc1. The summed E-state index contributed by atoms with van der Waals surface area (Å²) >= 11 is 4.00. The lowest BCUT2D eigenvalue weighted by atomic mass is 10.2. The van der Waals surface area contributed by atoms with Crippen molar-refractivity contribution in [1.82, 2.24) is 0 Å². The van der Waals surface area contributed by atoms with Gasteiger partial charge in [0.25, 0.3) is 0 Å². The van der Waals surface area contributed by atoms with Crippen LogP contribution in [0.2, 0.25) is 0 Å². The van der Waals surface area contributed by atoms with Crippen LogP contribution >= 0.6 is 12.6 Å². The van der Waals surface area contributed by atoms with Gasteiger partial charge in [0.2, 0.25) is 0 Å². The van der Waals surface area contributed by atoms with Gasteiger partial charge in [-0.25, -0.2) is 0 Å². The molecular weight excluding hydrogens is 164 g/mol. The van der Waals surface area contributed by atoms with Crippen molar-refractivity contribution in [2.75, 3.05) is 5.75 Å². The van der Waals surface area contributed by atoms with Crippen molar-refractivity contribution in [3.8, 4) is 0 Å². The Hall–Kier alpha value is -0.430. The minimum atomic E-state index is 1.04. The molecule has 1 rings (SSSR count). The van der Waals surface area contributed by atoms with Gasteiger partial charge in [-0.2, -0.15) is 12.6 Å². The second-order valence-electron chi connectivity index (χ2n) is 2.73. The van der Waals surface area contributed by atoms with Crippen LogP contribution in [0.4, 0.5) is 0 Å². The van der Waals surface area contributed by atoms with Gasteiger partial charge in [0.05, 0.1) is 0 Å². The van der Waals surface area contributed by atoms with Gasteiger partial charge in [0, 0.05) is 0 Å². The molecule has 1 aromatic rings. The van der Waals surface area contributed by atoms with Crippen molar-refractivity contribution in [3.63, 3.8) is 0 Å². The Kier molecular flexibility index (Phi) is 8.35. The molecule has 0 aliphatic heterocycles. The maximum Gasteiger partial charge on any atom is -0.00980 e. The molecule has 0 aliphatic rings. The molecule has 0 bridgehead atoms. The van der Waals surface area contributed by atoms with E-state index in [1.54, 1.807) is 0 Å². The Morgan fingerprint density at radius 2 is 1.75 bits per heavy atom. The molecule has 0 fully saturated rings. The molecule has 0 spiro atoms. The number of hydrogen-bond donors (Lipinski definition) is 1. The van der Waals surface area contributed by atoms with Gasteiger partial charge in [-0.1, -0.05) is 49.2 Å². The van der Waals surface area contributed by atoms with Gasteiger partial charge in [-0.15, -0.1) is 0 Å². The van der Waals surface area contributed by atoms with Crippen molar-refractivity contribution >= 4 is 12.6 Å². The van der Waals surface area contributed by atoms with Crippen LogP contribution in [0.25, 0.3) is 0 Å². The van der Waals surface area contributed by atoms with Gasteiger partial charge < -0.3 is 0 Å². The summed E-state index contributed by atoms with van der Waals surface area (Å²) in [5.41, 5.74) is 1.32. The molecule has 0 N–H and O–H groups in total. The first-order valence-corrected chi connectivity index (χ1v) is 5.07. The van der Waals surface area contributed by atoms with E-state index in [-0.39, 0.29) is 0 Å². The molecule has 0 aromatic heterocycles. The second-order valence-corrected chi connectivity index (χ2v) is 3.18. The minimum Gasteiger partial charge on any atom is -0.179 e. The molecule has 0 amide bonds. The van der Waals surface area contributed by atoms with Crippen LogP contribution in [0.5, 0.6) is 0 Å². The third-order valence-corrected chi connectivity index (χ3v) is 1.77. The molecule has 0 saturated carbocycles. The van der Waals surface area contributed by atoms with Gasteiger partial charge >= 0.3 is 0 Å². The Balaban J connectivity index is 0.000000217. The summed E-state index contributed by atoms with van der Waals surface area (Å²) in [5.74, 6) is 1.04. The minimum absolute atomic E-state index is 1.04. The molecule has 0 radical (unpaired) electrons. The fourth-order valence-electron chi connectivity index (χ4n) is 0.692. The average molecular weight is 182 g/mol. The number of hydrogen-bond acceptors (Lipinski definition) is 1. The first kappa shape index (κ1) is 11.6. The maximum atomic E-state index is 4.00. The van der Waals surface area contributed by atoms with Crippen molar-refractivity contribution < 1.29 is 0 Å². The second kappa shape index (κ2) is 8.66. The summed E-state index contributed by atoms with van der Waals surface area (Å²) in [7, 11) is 0. The van der Waals surface area contributed by atoms with Crippen molar-refractivity contribution in [1.29, 1.82) is 0 Å². The number of aryl methyl sites for hydroxylation is 1. The largest absolute Gasteiger partial charge is 0.179 e. The third kappa shape index (κ3) is 7.67. The van der Waals surface area contributed by atoms with Gasteiger partial charge in [0.15, 0.2) is 0 Å². The molecule has 1 aromatic carbocycles. The van der Waals surface area contributed by atoms with Gasteiger partial charge in [-0.3, -0.25) is 0 Å². The normalized spacial score (nSPS) is 8.58. The summed E-state index contributed by atoms with van der Waals surface area (Å²) in [6, 6.07) is 10.3. The molecule has 68 valence electrons. The van der Waals surface area contributed by atoms with E-state index < -0.39 is 0 Å². The fourth-order valence-corrected chi connectivity index (χ4v) is 1.01. The monoisotopic (exact) mass is 182 g/mol. The predicted octanol–water partition coefficient (Wildman–Crippen LogP) is 3.71. The Morgan fingerprint density at radius 3 is 1.92 bits per heavy atom. The predicted molar refractivity (Wildman–Crippen MR) is 59.9 cm³/mol. The number of unbranched alkanes of at least 4 members (excludes halogenated alkanes) is 1. The number of thiol groups is 1. The summed E-state index contributed by atoms with van der Waals surface area (Å²) < 4.78 is 0. The third-order valence-electron chi connectivity index (χ3n) is 1.45. The van der Waals surface area contributed by atoms with Crippen molar-refractivity contribution in [3.05, 3.63) is 35.9 Å². The van der Waals surface area contributed by atoms with E-state index in [9.17, 15) is 0 Å². The van der Waals surface area contributed by atoms with Crippen molar-refractivity contribution in [2.45, 2.75) is 26.7 Å². The van der Waals surface area contributed by atoms with Gasteiger partial charge in [0.1, 0.15) is 0 Å². The summed E-state index contributed by atoms with van der Waals surface area (Å²) in [6.45, 7) is 4.25. The fraction of sp³-hybridized carbons (Fsp3) is 0.455. The lowest BCUT2D eigenvalue weighted by molar-refractivity contribution is 0.899. The average Bonchev–Trinajstić information content (AvgIpc) is 2.08. The first-order chi connectivity index (χ1) is 5.81. The zero-order chi connectivity index (χ0) is 9.23. The molecule has 0 atom stereocenters. The van der Waals surface area contributed by atoms with Crippen molar-refractivity contribution in [2.24, 2.45) is 0 Å². The molecule has 1 heteroatoms. The highest BCUT2D eigenvalue weighted by atomic mass is 32.1. The highest BCUT2D eigenvalue weighted by Crippen LogP contribution is 1.92. The lowest BCUT2D eigenvalue weighted by Gasteiger charge is -1.82. The van der Waals surface area contributed by atoms with E-state index in [0.717, 1.165) is 5.75 Å². The maximum absolute atomic E-state index is 4.00. The van der Waals surface area contributed by atoms with Crippen LogP contribution in [0.15, 0.2) is 30.3 Å². The molecule has 0 heterocycles. The summed E-state index contributed by atoms with van der Waals surface area (Å²) in [6.07, 6.45) is 2.52. The zero-order valence-electron chi connectivity index (χ0n) is 7.96. The van der Waals surface area contributed by atoms with E-state index in [1.165, 1.54) is 18.4 Å². The Bertz CT molecular complexity index is 168. The van der Waals surface area contributed by atoms with E-state index in [4.69, 9.17) is 0 Å². The molecule has 0 saturated heterocycles. The lowest BCUT2D eigenvalue weighted by Crippen LogP contribution is -1.65. The quantitative estimate of drug-likeness (QED) is 0.662. The van der Waals surface area contributed by atoms with Gasteiger partial charge in [-0.05, 0) is 19.1 Å². The standard InChI is InChI=1S/C7H8.C4H10S/c1-7-5-3-2-4-6-7;1-2-3-4-5/h2-6H,1H3;5H,2-4H2,1H3. The Morgan fingerprint density at radius 1 is 1.17 bits per heavy atom. The first-order valence-electron chi connectivity index (χ1n) is 4.43. The summed E-state index contributed by atoms with van der Waals surface area (Å²) in [5, 5.41) is 0. The summed E-state index contributed by atoms with van der Waals surface area (Å²) in [4.78, 5) is 0. The molecular formula is C11H18S. The number of rotatable bonds is 2. The van der Waals surface area contributed by atoms with Crippen LogP contribution in [0.3, 0.4) is 0 Å². The highest BCUT2D eigenvalue weighted by Gasteiger charge is 1.72. The number of benzene rings is 1. The van der Waals surface area contributed by atoms with E-state index >= 15 is 0 Å². The molecule has 0 aliphatic carbocycles. The smallest absolute Gasteiger partial charge is 0.00980 e. The van der Waals surface area contributed by atoms with Crippen LogP contribution in [-0.2, 0) is 0 Å². The Labute approximate surface area is 81.4 Å². The van der Waals surface area contributed by atoms with Crippen LogP contribution in [0, 0.1) is 6.92 Å². The molecule has 0 nitrogen and oxygen atoms in total. The van der Waals surface area contributed by atoms with E-state index in [0.29, 0.717) is 0 Å². The van der Waals surface area contributed by atoms with Crippen LogP contribution in [0.1, 0.15) is 25.3 Å². The topological polar surface area (TPSA) is 0 Å². The highest BCUT2D eigenvalue weighted by molar-refractivity contribution is 7.80.